The van der Waals surface area contributed by atoms with Gasteiger partial charge in [0.25, 0.3) is 0 Å². The molecule has 1 unspecified atom stereocenters. The standard InChI is InChI=1S/C7H15N3S/c8-10-3-2-9-6-11-4-1-7(9)5-10/h7H,1-6,8H2. The minimum Gasteiger partial charge on any atom is -0.289 e. The predicted octanol–water partition coefficient (Wildman–Crippen LogP) is -0.0593. The Morgan fingerprint density at radius 1 is 1.36 bits per heavy atom. The van der Waals surface area contributed by atoms with E-state index in [2.05, 4.69) is 4.90 Å². The van der Waals surface area contributed by atoms with Crippen molar-refractivity contribution in [1.82, 2.24) is 9.91 Å². The Hall–Kier alpha value is 0.230. The largest absolute Gasteiger partial charge is 0.289 e. The lowest BCUT2D eigenvalue weighted by Gasteiger charge is -2.42. The van der Waals surface area contributed by atoms with Gasteiger partial charge in [-0.2, -0.15) is 0 Å². The molecule has 2 aliphatic heterocycles. The van der Waals surface area contributed by atoms with Crippen LogP contribution in [0.4, 0.5) is 0 Å². The molecule has 64 valence electrons. The third kappa shape index (κ3) is 1.69. The molecule has 2 rings (SSSR count). The maximum atomic E-state index is 5.74. The van der Waals surface area contributed by atoms with Gasteiger partial charge in [-0.1, -0.05) is 0 Å². The van der Waals surface area contributed by atoms with E-state index in [1.54, 1.807) is 0 Å². The molecule has 2 heterocycles. The van der Waals surface area contributed by atoms with Gasteiger partial charge < -0.3 is 0 Å². The van der Waals surface area contributed by atoms with Crippen LogP contribution in [0.2, 0.25) is 0 Å². The molecular weight excluding hydrogens is 158 g/mol. The number of nitrogens with two attached hydrogens (primary N) is 1. The Kier molecular flexibility index (Phi) is 2.36. The summed E-state index contributed by atoms with van der Waals surface area (Å²) in [5, 5.41) is 1.96. The molecule has 0 bridgehead atoms. The van der Waals surface area contributed by atoms with Crippen molar-refractivity contribution in [3.8, 4) is 0 Å². The summed E-state index contributed by atoms with van der Waals surface area (Å²) >= 11 is 2.05. The van der Waals surface area contributed by atoms with Crippen LogP contribution in [0.3, 0.4) is 0 Å². The third-order valence-electron chi connectivity index (χ3n) is 2.49. The molecule has 1 atom stereocenters. The van der Waals surface area contributed by atoms with Gasteiger partial charge in [0.05, 0.1) is 0 Å². The van der Waals surface area contributed by atoms with Gasteiger partial charge in [-0.15, -0.1) is 11.8 Å². The van der Waals surface area contributed by atoms with Crippen molar-refractivity contribution in [2.24, 2.45) is 5.84 Å². The number of hydrazine groups is 1. The van der Waals surface area contributed by atoms with Gasteiger partial charge in [0.1, 0.15) is 0 Å². The van der Waals surface area contributed by atoms with E-state index in [0.717, 1.165) is 25.7 Å². The fourth-order valence-electron chi connectivity index (χ4n) is 1.76. The molecule has 0 aromatic rings. The fourth-order valence-corrected chi connectivity index (χ4v) is 2.90. The summed E-state index contributed by atoms with van der Waals surface area (Å²) < 4.78 is 0. The first-order chi connectivity index (χ1) is 5.36. The smallest absolute Gasteiger partial charge is 0.0448 e. The van der Waals surface area contributed by atoms with E-state index in [0.29, 0.717) is 0 Å². The SMILES string of the molecule is NN1CCN2CSCCC2C1. The van der Waals surface area contributed by atoms with Gasteiger partial charge in [0.15, 0.2) is 0 Å². The Morgan fingerprint density at radius 2 is 2.27 bits per heavy atom. The average molecular weight is 173 g/mol. The molecular formula is C7H15N3S. The van der Waals surface area contributed by atoms with Crippen molar-refractivity contribution in [2.45, 2.75) is 12.5 Å². The van der Waals surface area contributed by atoms with Gasteiger partial charge in [0, 0.05) is 31.6 Å². The van der Waals surface area contributed by atoms with E-state index in [4.69, 9.17) is 5.84 Å². The molecule has 0 radical (unpaired) electrons. The summed E-state index contributed by atoms with van der Waals surface area (Å²) in [7, 11) is 0. The van der Waals surface area contributed by atoms with Crippen LogP contribution in [-0.2, 0) is 0 Å². The molecule has 0 aromatic heterocycles. The van der Waals surface area contributed by atoms with Crippen molar-refractivity contribution < 1.29 is 0 Å². The van der Waals surface area contributed by atoms with Crippen molar-refractivity contribution in [1.29, 1.82) is 0 Å². The topological polar surface area (TPSA) is 32.5 Å². The first-order valence-electron chi connectivity index (χ1n) is 4.18. The van der Waals surface area contributed by atoms with Crippen molar-refractivity contribution in [3.63, 3.8) is 0 Å². The highest BCUT2D eigenvalue weighted by atomic mass is 32.2. The van der Waals surface area contributed by atoms with Crippen molar-refractivity contribution in [2.75, 3.05) is 31.3 Å². The lowest BCUT2D eigenvalue weighted by molar-refractivity contribution is 0.0856. The number of rotatable bonds is 0. The number of piperazine rings is 1. The first-order valence-corrected chi connectivity index (χ1v) is 5.33. The molecule has 2 N–H and O–H groups in total. The molecule has 0 spiro atoms. The van der Waals surface area contributed by atoms with Crippen LogP contribution < -0.4 is 5.84 Å². The summed E-state index contributed by atoms with van der Waals surface area (Å²) in [6.07, 6.45) is 1.32. The van der Waals surface area contributed by atoms with E-state index < -0.39 is 0 Å². The first kappa shape index (κ1) is 7.86. The molecule has 2 fully saturated rings. The maximum absolute atomic E-state index is 5.74. The summed E-state index contributed by atoms with van der Waals surface area (Å²) in [6.45, 7) is 3.27. The zero-order valence-electron chi connectivity index (χ0n) is 6.70. The Bertz CT molecular complexity index is 142. The quantitative estimate of drug-likeness (QED) is 0.520. The number of hydrogen-bond acceptors (Lipinski definition) is 4. The lowest BCUT2D eigenvalue weighted by atomic mass is 10.1. The lowest BCUT2D eigenvalue weighted by Crippen LogP contribution is -2.56. The molecule has 2 saturated heterocycles. The monoisotopic (exact) mass is 173 g/mol. The van der Waals surface area contributed by atoms with Crippen LogP contribution in [0.1, 0.15) is 6.42 Å². The Morgan fingerprint density at radius 3 is 3.18 bits per heavy atom. The Labute approximate surface area is 71.9 Å². The van der Waals surface area contributed by atoms with Crippen molar-refractivity contribution in [3.05, 3.63) is 0 Å². The van der Waals surface area contributed by atoms with Gasteiger partial charge in [0.2, 0.25) is 0 Å². The molecule has 0 aromatic carbocycles. The second-order valence-corrected chi connectivity index (χ2v) is 4.36. The maximum Gasteiger partial charge on any atom is 0.0448 e. The summed E-state index contributed by atoms with van der Waals surface area (Å²) in [5.41, 5.74) is 0. The minimum atomic E-state index is 0.745. The highest BCUT2D eigenvalue weighted by molar-refractivity contribution is 7.99. The van der Waals surface area contributed by atoms with Crippen LogP contribution in [0.15, 0.2) is 0 Å². The average Bonchev–Trinajstić information content (AvgIpc) is 2.04. The molecule has 4 heteroatoms. The van der Waals surface area contributed by atoms with E-state index in [-0.39, 0.29) is 0 Å². The van der Waals surface area contributed by atoms with Gasteiger partial charge >= 0.3 is 0 Å². The molecule has 2 aliphatic rings. The second-order valence-electron chi connectivity index (χ2n) is 3.29. The number of hydrogen-bond donors (Lipinski definition) is 1. The predicted molar refractivity (Wildman–Crippen MR) is 48.2 cm³/mol. The summed E-state index contributed by atoms with van der Waals surface area (Å²) in [5.74, 6) is 8.28. The Balaban J connectivity index is 1.93. The number of thioether (sulfide) groups is 1. The van der Waals surface area contributed by atoms with Crippen LogP contribution in [-0.4, -0.2) is 47.2 Å². The summed E-state index contributed by atoms with van der Waals surface area (Å²) in [4.78, 5) is 2.55. The van der Waals surface area contributed by atoms with Gasteiger partial charge in [-0.05, 0) is 12.2 Å². The van der Waals surface area contributed by atoms with Crippen molar-refractivity contribution >= 4 is 11.8 Å². The van der Waals surface area contributed by atoms with Crippen LogP contribution in [0, 0.1) is 0 Å². The van der Waals surface area contributed by atoms with E-state index in [9.17, 15) is 0 Å². The highest BCUT2D eigenvalue weighted by Crippen LogP contribution is 2.22. The van der Waals surface area contributed by atoms with Gasteiger partial charge in [-0.3, -0.25) is 10.7 Å². The highest BCUT2D eigenvalue weighted by Gasteiger charge is 2.27. The van der Waals surface area contributed by atoms with E-state index in [1.165, 1.54) is 18.1 Å². The van der Waals surface area contributed by atoms with Crippen LogP contribution in [0.5, 0.6) is 0 Å². The molecule has 0 aliphatic carbocycles. The molecule has 0 saturated carbocycles. The number of fused-ring (bicyclic) bond motifs is 1. The molecule has 11 heavy (non-hydrogen) atoms. The zero-order valence-corrected chi connectivity index (χ0v) is 7.52. The molecule has 3 nitrogen and oxygen atoms in total. The summed E-state index contributed by atoms with van der Waals surface area (Å²) in [6, 6.07) is 0.745. The molecule has 0 amide bonds. The number of nitrogens with zero attached hydrogens (tertiary/aromatic N) is 2. The van der Waals surface area contributed by atoms with E-state index >= 15 is 0 Å². The second kappa shape index (κ2) is 3.31. The van der Waals surface area contributed by atoms with Crippen LogP contribution >= 0.6 is 11.8 Å². The zero-order chi connectivity index (χ0) is 7.68. The fraction of sp³-hybridized carbons (Fsp3) is 1.00. The van der Waals surface area contributed by atoms with E-state index in [1.807, 2.05) is 16.8 Å². The normalized spacial score (nSPS) is 35.2. The minimum absolute atomic E-state index is 0.745. The van der Waals surface area contributed by atoms with Gasteiger partial charge in [-0.25, -0.2) is 5.01 Å². The van der Waals surface area contributed by atoms with Crippen LogP contribution in [0.25, 0.3) is 0 Å². The third-order valence-corrected chi connectivity index (χ3v) is 3.53.